The highest BCUT2D eigenvalue weighted by Gasteiger charge is 2.43. The fraction of sp³-hybridized carbons (Fsp3) is 0.250. The Labute approximate surface area is 110 Å². The van der Waals surface area contributed by atoms with E-state index in [2.05, 4.69) is 0 Å². The summed E-state index contributed by atoms with van der Waals surface area (Å²) in [7, 11) is 0. The third kappa shape index (κ3) is 2.38. The molecule has 0 aromatic heterocycles. The number of aliphatic hydroxyl groups excluding tert-OH is 1. The smallest absolute Gasteiger partial charge is 0.159 e. The predicted molar refractivity (Wildman–Crippen MR) is 68.6 cm³/mol. The van der Waals surface area contributed by atoms with Crippen LogP contribution in [0, 0.1) is 17.6 Å². The van der Waals surface area contributed by atoms with Crippen LogP contribution in [0.2, 0.25) is 0 Å². The highest BCUT2D eigenvalue weighted by atomic mass is 19.2. The van der Waals surface area contributed by atoms with Crippen molar-refractivity contribution in [3.8, 4) is 0 Å². The molecule has 1 fully saturated rings. The lowest BCUT2D eigenvalue weighted by atomic mass is 10.0. The molecule has 0 radical (unpaired) electrons. The fourth-order valence-corrected chi connectivity index (χ4v) is 2.59. The van der Waals surface area contributed by atoms with Crippen LogP contribution in [0.5, 0.6) is 0 Å². The molecule has 0 heterocycles. The Bertz CT molecular complexity index is 583. The molecule has 1 saturated carbocycles. The lowest BCUT2D eigenvalue weighted by Gasteiger charge is -2.11. The number of hydrogen-bond donors (Lipinski definition) is 1. The van der Waals surface area contributed by atoms with E-state index in [0.29, 0.717) is 11.5 Å². The predicted octanol–water partition coefficient (Wildman–Crippen LogP) is 3.80. The maximum atomic E-state index is 13.2. The Hall–Kier alpha value is -1.74. The fourth-order valence-electron chi connectivity index (χ4n) is 2.59. The third-order valence-corrected chi connectivity index (χ3v) is 3.76. The van der Waals surface area contributed by atoms with Crippen LogP contribution in [0.3, 0.4) is 0 Å². The van der Waals surface area contributed by atoms with Gasteiger partial charge in [0.1, 0.15) is 0 Å². The topological polar surface area (TPSA) is 20.2 Å². The van der Waals surface area contributed by atoms with Crippen LogP contribution >= 0.6 is 0 Å². The van der Waals surface area contributed by atoms with Crippen molar-refractivity contribution in [1.29, 1.82) is 0 Å². The quantitative estimate of drug-likeness (QED) is 0.890. The first-order chi connectivity index (χ1) is 9.16. The zero-order valence-electron chi connectivity index (χ0n) is 10.3. The second-order valence-corrected chi connectivity index (χ2v) is 5.04. The van der Waals surface area contributed by atoms with E-state index >= 15 is 0 Å². The summed E-state index contributed by atoms with van der Waals surface area (Å²) in [4.78, 5) is 0. The van der Waals surface area contributed by atoms with E-state index in [9.17, 15) is 13.9 Å². The molecule has 1 nitrogen and oxygen atoms in total. The minimum absolute atomic E-state index is 0.0901. The lowest BCUT2D eigenvalue weighted by Crippen LogP contribution is -2.02. The van der Waals surface area contributed by atoms with Gasteiger partial charge in [0.05, 0.1) is 6.10 Å². The van der Waals surface area contributed by atoms with E-state index in [1.54, 1.807) is 0 Å². The molecular weight excluding hydrogens is 246 g/mol. The van der Waals surface area contributed by atoms with E-state index in [-0.39, 0.29) is 5.92 Å². The van der Waals surface area contributed by atoms with Crippen LogP contribution in [0.4, 0.5) is 8.78 Å². The minimum atomic E-state index is -0.909. The minimum Gasteiger partial charge on any atom is -0.388 e. The Kier molecular flexibility index (Phi) is 3.07. The van der Waals surface area contributed by atoms with Crippen molar-refractivity contribution in [2.24, 2.45) is 5.92 Å². The summed E-state index contributed by atoms with van der Waals surface area (Å²) < 4.78 is 26.0. The van der Waals surface area contributed by atoms with Crippen LogP contribution in [0.25, 0.3) is 0 Å². The average molecular weight is 260 g/mol. The summed E-state index contributed by atoms with van der Waals surface area (Å²) in [6.07, 6.45) is 0.143. The average Bonchev–Trinajstić information content (AvgIpc) is 3.22. The molecule has 3 atom stereocenters. The van der Waals surface area contributed by atoms with E-state index in [0.717, 1.165) is 18.6 Å². The largest absolute Gasteiger partial charge is 0.388 e. The molecule has 0 bridgehead atoms. The van der Waals surface area contributed by atoms with Gasteiger partial charge >= 0.3 is 0 Å². The van der Waals surface area contributed by atoms with Gasteiger partial charge in [0.15, 0.2) is 11.6 Å². The van der Waals surface area contributed by atoms with E-state index in [1.807, 2.05) is 30.3 Å². The Morgan fingerprint density at radius 1 is 1.00 bits per heavy atom. The number of benzene rings is 2. The van der Waals surface area contributed by atoms with Crippen LogP contribution in [0.1, 0.15) is 29.6 Å². The normalized spacial score (nSPS) is 23.1. The van der Waals surface area contributed by atoms with Crippen molar-refractivity contribution in [1.82, 2.24) is 0 Å². The van der Waals surface area contributed by atoms with Crippen molar-refractivity contribution >= 4 is 0 Å². The lowest BCUT2D eigenvalue weighted by molar-refractivity contribution is 0.150. The highest BCUT2D eigenvalue weighted by Crippen LogP contribution is 2.53. The van der Waals surface area contributed by atoms with Crippen LogP contribution in [-0.2, 0) is 0 Å². The van der Waals surface area contributed by atoms with Crippen molar-refractivity contribution in [2.45, 2.75) is 18.4 Å². The van der Waals surface area contributed by atoms with Gasteiger partial charge in [-0.1, -0.05) is 36.4 Å². The van der Waals surface area contributed by atoms with Gasteiger partial charge < -0.3 is 5.11 Å². The Morgan fingerprint density at radius 2 is 1.74 bits per heavy atom. The maximum absolute atomic E-state index is 13.2. The van der Waals surface area contributed by atoms with Gasteiger partial charge in [0.25, 0.3) is 0 Å². The molecule has 3 rings (SSSR count). The van der Waals surface area contributed by atoms with Crippen LogP contribution < -0.4 is 0 Å². The van der Waals surface area contributed by atoms with Crippen molar-refractivity contribution in [3.05, 3.63) is 71.3 Å². The highest BCUT2D eigenvalue weighted by molar-refractivity contribution is 5.30. The molecule has 0 aliphatic heterocycles. The molecule has 0 amide bonds. The number of halogens is 2. The van der Waals surface area contributed by atoms with Crippen LogP contribution in [-0.4, -0.2) is 5.11 Å². The summed E-state index contributed by atoms with van der Waals surface area (Å²) in [5.74, 6) is -1.39. The third-order valence-electron chi connectivity index (χ3n) is 3.76. The zero-order valence-corrected chi connectivity index (χ0v) is 10.3. The first kappa shape index (κ1) is 12.3. The molecule has 3 unspecified atom stereocenters. The van der Waals surface area contributed by atoms with Crippen molar-refractivity contribution in [2.75, 3.05) is 0 Å². The summed E-state index contributed by atoms with van der Waals surface area (Å²) in [6, 6.07) is 13.5. The Balaban J connectivity index is 1.76. The second-order valence-electron chi connectivity index (χ2n) is 5.04. The SMILES string of the molecule is OC(c1ccc(F)c(F)c1)C1CC1c1ccccc1. The van der Waals surface area contributed by atoms with Crippen molar-refractivity contribution in [3.63, 3.8) is 0 Å². The van der Waals surface area contributed by atoms with Gasteiger partial charge in [-0.3, -0.25) is 0 Å². The van der Waals surface area contributed by atoms with Gasteiger partial charge in [-0.05, 0) is 41.5 Å². The van der Waals surface area contributed by atoms with E-state index in [4.69, 9.17) is 0 Å². The molecule has 98 valence electrons. The molecule has 0 spiro atoms. The first-order valence-electron chi connectivity index (χ1n) is 6.35. The van der Waals surface area contributed by atoms with Gasteiger partial charge in [0.2, 0.25) is 0 Å². The zero-order chi connectivity index (χ0) is 13.4. The van der Waals surface area contributed by atoms with Crippen molar-refractivity contribution < 1.29 is 13.9 Å². The molecule has 2 aromatic carbocycles. The number of hydrogen-bond acceptors (Lipinski definition) is 1. The second kappa shape index (κ2) is 4.74. The molecule has 3 heteroatoms. The summed E-state index contributed by atoms with van der Waals surface area (Å²) >= 11 is 0. The first-order valence-corrected chi connectivity index (χ1v) is 6.35. The number of rotatable bonds is 3. The molecule has 0 saturated heterocycles. The van der Waals surface area contributed by atoms with E-state index < -0.39 is 17.7 Å². The van der Waals surface area contributed by atoms with E-state index in [1.165, 1.54) is 11.6 Å². The molecule has 1 aliphatic rings. The van der Waals surface area contributed by atoms with Crippen LogP contribution in [0.15, 0.2) is 48.5 Å². The number of aliphatic hydroxyl groups is 1. The standard InChI is InChI=1S/C16H14F2O/c17-14-7-6-11(8-15(14)18)16(19)13-9-12(13)10-4-2-1-3-5-10/h1-8,12-13,16,19H,9H2. The maximum Gasteiger partial charge on any atom is 0.159 e. The molecular formula is C16H14F2O. The molecule has 19 heavy (non-hydrogen) atoms. The molecule has 1 aliphatic carbocycles. The summed E-state index contributed by atoms with van der Waals surface area (Å²) in [5.41, 5.74) is 1.64. The Morgan fingerprint density at radius 3 is 2.42 bits per heavy atom. The molecule has 2 aromatic rings. The van der Waals surface area contributed by atoms with Gasteiger partial charge in [-0.25, -0.2) is 8.78 Å². The monoisotopic (exact) mass is 260 g/mol. The van der Waals surface area contributed by atoms with Gasteiger partial charge in [-0.15, -0.1) is 0 Å². The molecule has 1 N–H and O–H groups in total. The van der Waals surface area contributed by atoms with Gasteiger partial charge in [-0.2, -0.15) is 0 Å². The summed E-state index contributed by atoms with van der Waals surface area (Å²) in [5, 5.41) is 10.2. The summed E-state index contributed by atoms with van der Waals surface area (Å²) in [6.45, 7) is 0. The van der Waals surface area contributed by atoms with Gasteiger partial charge in [0, 0.05) is 0 Å².